The van der Waals surface area contributed by atoms with Crippen LogP contribution in [-0.2, 0) is 22.1 Å². The highest BCUT2D eigenvalue weighted by Gasteiger charge is 2.37. The molecule has 1 heterocycles. The molecule has 160 valence electrons. The standard InChI is InChI=1S/C21H25F3O3S2/c1-14(2)6-8-17-16-9-7-15(28-11-5-3-4-10-27-13-25)12-18(16)29-20(26)19(17)21(22,23)24/h7,9,12-14H,3-6,8,10-11H2,1-2H3. The summed E-state index contributed by atoms with van der Waals surface area (Å²) >= 11 is 2.28. The van der Waals surface area contributed by atoms with Gasteiger partial charge in [0.25, 0.3) is 6.47 Å². The first-order valence-electron chi connectivity index (χ1n) is 9.59. The average Bonchev–Trinajstić information content (AvgIpc) is 2.63. The Kier molecular flexibility index (Phi) is 9.02. The van der Waals surface area contributed by atoms with Gasteiger partial charge in [-0.15, -0.1) is 11.8 Å². The van der Waals surface area contributed by atoms with E-state index in [0.717, 1.165) is 29.9 Å². The van der Waals surface area contributed by atoms with Gasteiger partial charge in [-0.2, -0.15) is 13.2 Å². The fraction of sp³-hybridized carbons (Fsp3) is 0.524. The molecule has 29 heavy (non-hydrogen) atoms. The number of alkyl halides is 3. The van der Waals surface area contributed by atoms with Crippen LogP contribution in [0.3, 0.4) is 0 Å². The van der Waals surface area contributed by atoms with Crippen LogP contribution in [0, 0.1) is 5.92 Å². The number of aryl methyl sites for hydroxylation is 1. The van der Waals surface area contributed by atoms with Crippen LogP contribution in [0.1, 0.15) is 50.7 Å². The van der Waals surface area contributed by atoms with Gasteiger partial charge in [-0.25, -0.2) is 0 Å². The smallest absolute Gasteiger partial charge is 0.421 e. The molecule has 3 nitrogen and oxygen atoms in total. The van der Waals surface area contributed by atoms with Gasteiger partial charge in [-0.3, -0.25) is 9.59 Å². The van der Waals surface area contributed by atoms with Crippen molar-refractivity contribution in [3.63, 3.8) is 0 Å². The maximum absolute atomic E-state index is 13.5. The van der Waals surface area contributed by atoms with Crippen molar-refractivity contribution >= 4 is 39.7 Å². The first-order chi connectivity index (χ1) is 13.7. The molecule has 2 rings (SSSR count). The molecule has 0 aliphatic rings. The molecule has 0 saturated heterocycles. The summed E-state index contributed by atoms with van der Waals surface area (Å²) < 4.78 is 44.9. The van der Waals surface area contributed by atoms with E-state index in [-0.39, 0.29) is 17.9 Å². The topological polar surface area (TPSA) is 43.4 Å². The van der Waals surface area contributed by atoms with Gasteiger partial charge in [0.1, 0.15) is 5.56 Å². The third-order valence-electron chi connectivity index (χ3n) is 4.49. The molecule has 2 aromatic rings. The maximum atomic E-state index is 13.5. The number of fused-ring (bicyclic) bond motifs is 1. The van der Waals surface area contributed by atoms with Gasteiger partial charge in [0.2, 0.25) is 4.74 Å². The van der Waals surface area contributed by atoms with Gasteiger partial charge >= 0.3 is 6.18 Å². The van der Waals surface area contributed by atoms with Crippen molar-refractivity contribution < 1.29 is 22.7 Å². The van der Waals surface area contributed by atoms with Gasteiger partial charge in [0, 0.05) is 9.60 Å². The molecule has 1 aromatic heterocycles. The van der Waals surface area contributed by atoms with Crippen LogP contribution in [0.2, 0.25) is 0 Å². The largest absolute Gasteiger partial charge is 0.468 e. The minimum atomic E-state index is -4.64. The average molecular weight is 447 g/mol. The lowest BCUT2D eigenvalue weighted by atomic mass is 9.97. The van der Waals surface area contributed by atoms with E-state index in [1.54, 1.807) is 17.8 Å². The number of ether oxygens (including phenoxy) is 1. The second-order valence-electron chi connectivity index (χ2n) is 7.21. The SMILES string of the molecule is CC(C)CCc1c(C(F)(F)F)c(=O)sc2cc(SCCCCCOC=O)ccc12. The molecule has 0 amide bonds. The van der Waals surface area contributed by atoms with Crippen molar-refractivity contribution in [2.75, 3.05) is 12.4 Å². The first-order valence-corrected chi connectivity index (χ1v) is 11.4. The normalized spacial score (nSPS) is 11.9. The minimum Gasteiger partial charge on any atom is -0.468 e. The van der Waals surface area contributed by atoms with Gasteiger partial charge in [0.15, 0.2) is 0 Å². The third kappa shape index (κ3) is 7.03. The molecule has 0 radical (unpaired) electrons. The Morgan fingerprint density at radius 2 is 1.97 bits per heavy atom. The van der Waals surface area contributed by atoms with Gasteiger partial charge < -0.3 is 4.74 Å². The molecule has 0 atom stereocenters. The predicted octanol–water partition coefficient (Wildman–Crippen LogP) is 6.30. The quantitative estimate of drug-likeness (QED) is 0.231. The van der Waals surface area contributed by atoms with E-state index in [1.165, 1.54) is 0 Å². The monoisotopic (exact) mass is 446 g/mol. The molecule has 1 aromatic carbocycles. The summed E-state index contributed by atoms with van der Waals surface area (Å²) in [6.07, 6.45) is -1.14. The van der Waals surface area contributed by atoms with Crippen molar-refractivity contribution in [3.8, 4) is 0 Å². The van der Waals surface area contributed by atoms with E-state index < -0.39 is 16.5 Å². The van der Waals surface area contributed by atoms with Crippen LogP contribution in [0.5, 0.6) is 0 Å². The second-order valence-corrected chi connectivity index (χ2v) is 9.39. The molecule has 8 heteroatoms. The van der Waals surface area contributed by atoms with Crippen LogP contribution in [0.15, 0.2) is 27.9 Å². The Morgan fingerprint density at radius 1 is 1.21 bits per heavy atom. The highest BCUT2D eigenvalue weighted by atomic mass is 32.2. The lowest BCUT2D eigenvalue weighted by Gasteiger charge is -2.15. The summed E-state index contributed by atoms with van der Waals surface area (Å²) in [5, 5.41) is 0.526. The number of halogens is 3. The number of hydrogen-bond acceptors (Lipinski definition) is 5. The molecule has 0 saturated carbocycles. The number of carbonyl (C=O) groups is 1. The summed E-state index contributed by atoms with van der Waals surface area (Å²) in [6.45, 7) is 4.77. The van der Waals surface area contributed by atoms with Crippen LogP contribution < -0.4 is 4.74 Å². The maximum Gasteiger partial charge on any atom is 0.421 e. The van der Waals surface area contributed by atoms with E-state index in [9.17, 15) is 22.8 Å². The third-order valence-corrected chi connectivity index (χ3v) is 6.51. The minimum absolute atomic E-state index is 0.122. The summed E-state index contributed by atoms with van der Waals surface area (Å²) in [7, 11) is 0. The number of carbonyl (C=O) groups excluding carboxylic acids is 1. The number of rotatable bonds is 11. The first kappa shape index (κ1) is 23.7. The van der Waals surface area contributed by atoms with E-state index in [4.69, 9.17) is 0 Å². The van der Waals surface area contributed by atoms with E-state index in [2.05, 4.69) is 4.74 Å². The second kappa shape index (κ2) is 11.0. The molecular formula is C21H25F3O3S2. The zero-order valence-electron chi connectivity index (χ0n) is 16.5. The Bertz CT molecular complexity index is 876. The molecule has 0 N–H and O–H groups in total. The lowest BCUT2D eigenvalue weighted by Crippen LogP contribution is -2.20. The van der Waals surface area contributed by atoms with Crippen molar-refractivity contribution in [2.24, 2.45) is 5.92 Å². The molecule has 0 fully saturated rings. The number of thioether (sulfide) groups is 1. The Balaban J connectivity index is 2.21. The zero-order chi connectivity index (χ0) is 21.4. The van der Waals surface area contributed by atoms with Gasteiger partial charge in [-0.1, -0.05) is 31.3 Å². The fourth-order valence-electron chi connectivity index (χ4n) is 3.02. The summed E-state index contributed by atoms with van der Waals surface area (Å²) in [6, 6.07) is 5.37. The van der Waals surface area contributed by atoms with Gasteiger partial charge in [0.05, 0.1) is 6.61 Å². The molecule has 0 spiro atoms. The number of benzene rings is 1. The van der Waals surface area contributed by atoms with E-state index >= 15 is 0 Å². The Hall–Kier alpha value is -1.54. The Morgan fingerprint density at radius 3 is 2.62 bits per heavy atom. The molecule has 0 aliphatic heterocycles. The van der Waals surface area contributed by atoms with Crippen molar-refractivity contribution in [2.45, 2.75) is 57.0 Å². The lowest BCUT2D eigenvalue weighted by molar-refractivity contribution is -0.138. The van der Waals surface area contributed by atoms with Gasteiger partial charge in [-0.05, 0) is 66.9 Å². The number of unbranched alkanes of at least 4 members (excludes halogenated alkanes) is 2. The molecule has 0 unspecified atom stereocenters. The summed E-state index contributed by atoms with van der Waals surface area (Å²) in [5.74, 6) is 1.10. The van der Waals surface area contributed by atoms with E-state index in [0.29, 0.717) is 40.9 Å². The van der Waals surface area contributed by atoms with Crippen LogP contribution in [0.4, 0.5) is 13.2 Å². The van der Waals surface area contributed by atoms with Crippen molar-refractivity contribution in [3.05, 3.63) is 38.9 Å². The predicted molar refractivity (Wildman–Crippen MR) is 113 cm³/mol. The Labute approximate surface area is 176 Å². The molecule has 0 bridgehead atoms. The van der Waals surface area contributed by atoms with Crippen LogP contribution in [0.25, 0.3) is 10.1 Å². The van der Waals surface area contributed by atoms with Crippen molar-refractivity contribution in [1.82, 2.24) is 0 Å². The van der Waals surface area contributed by atoms with Crippen molar-refractivity contribution in [1.29, 1.82) is 0 Å². The highest BCUT2D eigenvalue weighted by molar-refractivity contribution is 7.99. The summed E-state index contributed by atoms with van der Waals surface area (Å²) in [5.41, 5.74) is -0.884. The van der Waals surface area contributed by atoms with Crippen LogP contribution >= 0.6 is 23.1 Å². The van der Waals surface area contributed by atoms with Crippen LogP contribution in [-0.4, -0.2) is 18.8 Å². The highest BCUT2D eigenvalue weighted by Crippen LogP contribution is 2.36. The summed E-state index contributed by atoms with van der Waals surface area (Å²) in [4.78, 5) is 23.3. The number of hydrogen-bond donors (Lipinski definition) is 0. The molecule has 0 aliphatic carbocycles. The van der Waals surface area contributed by atoms with E-state index in [1.807, 2.05) is 26.0 Å². The fourth-order valence-corrected chi connectivity index (χ4v) is 5.07. The molecular weight excluding hydrogens is 421 g/mol. The zero-order valence-corrected chi connectivity index (χ0v) is 18.1.